The van der Waals surface area contributed by atoms with Crippen LogP contribution in [0.1, 0.15) is 43.2 Å². The fourth-order valence-electron chi connectivity index (χ4n) is 2.64. The van der Waals surface area contributed by atoms with Crippen LogP contribution in [0.4, 0.5) is 0 Å². The molecule has 0 radical (unpaired) electrons. The number of rotatable bonds is 4. The smallest absolute Gasteiger partial charge is 0.310 e. The van der Waals surface area contributed by atoms with Gasteiger partial charge in [0.1, 0.15) is 0 Å². The molecule has 1 aromatic rings. The highest BCUT2D eigenvalue weighted by atomic mass is 16.4. The van der Waals surface area contributed by atoms with Gasteiger partial charge in [-0.2, -0.15) is 0 Å². The molecule has 0 bridgehead atoms. The molecule has 18 heavy (non-hydrogen) atoms. The first-order valence-corrected chi connectivity index (χ1v) is 6.57. The second-order valence-corrected chi connectivity index (χ2v) is 5.26. The van der Waals surface area contributed by atoms with E-state index < -0.39 is 11.9 Å². The Bertz CT molecular complexity index is 410. The number of carbonyl (C=O) groups is 1. The van der Waals surface area contributed by atoms with Crippen molar-refractivity contribution in [1.29, 1.82) is 0 Å². The van der Waals surface area contributed by atoms with Gasteiger partial charge in [-0.25, -0.2) is 0 Å². The normalized spacial score (nSPS) is 25.0. The Hall–Kier alpha value is -1.35. The summed E-state index contributed by atoms with van der Waals surface area (Å²) >= 11 is 0. The summed E-state index contributed by atoms with van der Waals surface area (Å²) in [5, 5.41) is 18.7. The predicted molar refractivity (Wildman–Crippen MR) is 69.5 cm³/mol. The van der Waals surface area contributed by atoms with Crippen LogP contribution < -0.4 is 0 Å². The van der Waals surface area contributed by atoms with Crippen LogP contribution in [-0.4, -0.2) is 22.3 Å². The van der Waals surface area contributed by atoms with E-state index in [0.717, 1.165) is 31.2 Å². The van der Waals surface area contributed by atoms with Gasteiger partial charge < -0.3 is 10.2 Å². The number of hydrogen-bond donors (Lipinski definition) is 2. The molecule has 0 spiro atoms. The largest absolute Gasteiger partial charge is 0.481 e. The van der Waals surface area contributed by atoms with Gasteiger partial charge in [0.15, 0.2) is 0 Å². The number of carboxylic acids is 1. The predicted octanol–water partition coefficient (Wildman–Crippen LogP) is 2.58. The minimum absolute atomic E-state index is 0.164. The van der Waals surface area contributed by atoms with Crippen LogP contribution in [0.5, 0.6) is 0 Å². The number of aliphatic hydroxyl groups is 1. The average molecular weight is 248 g/mol. The fraction of sp³-hybridized carbons (Fsp3) is 0.533. The SMILES string of the molecule is CC(C(=O)O)c1ccc(C[C@@H]2CCC[C@H]2O)cc1. The van der Waals surface area contributed by atoms with Crippen LogP contribution in [0.15, 0.2) is 24.3 Å². The number of aliphatic carboxylic acids is 1. The van der Waals surface area contributed by atoms with Crippen LogP contribution in [0.3, 0.4) is 0 Å². The monoisotopic (exact) mass is 248 g/mol. The molecule has 1 fully saturated rings. The standard InChI is InChI=1S/C15H20O3/c1-10(15(17)18)12-7-5-11(6-8-12)9-13-3-2-4-14(13)16/h5-8,10,13-14,16H,2-4,9H2,1H3,(H,17,18)/t10?,13-,14+/m0/s1. The van der Waals surface area contributed by atoms with E-state index in [2.05, 4.69) is 0 Å². The molecule has 0 aromatic heterocycles. The number of carboxylic acid groups (broad SMARTS) is 1. The molecule has 1 saturated carbocycles. The van der Waals surface area contributed by atoms with E-state index in [0.29, 0.717) is 5.92 Å². The van der Waals surface area contributed by atoms with Crippen LogP contribution in [0.2, 0.25) is 0 Å². The first-order chi connectivity index (χ1) is 8.58. The molecule has 0 aliphatic heterocycles. The molecule has 0 saturated heterocycles. The van der Waals surface area contributed by atoms with Crippen LogP contribution in [-0.2, 0) is 11.2 Å². The summed E-state index contributed by atoms with van der Waals surface area (Å²) in [6.07, 6.45) is 3.85. The van der Waals surface area contributed by atoms with Crippen molar-refractivity contribution in [2.75, 3.05) is 0 Å². The van der Waals surface area contributed by atoms with Gasteiger partial charge in [0.25, 0.3) is 0 Å². The van der Waals surface area contributed by atoms with Crippen molar-refractivity contribution in [3.8, 4) is 0 Å². The van der Waals surface area contributed by atoms with Crippen molar-refractivity contribution < 1.29 is 15.0 Å². The molecule has 3 heteroatoms. The Labute approximate surface area is 107 Å². The minimum Gasteiger partial charge on any atom is -0.481 e. The van der Waals surface area contributed by atoms with Crippen molar-refractivity contribution in [2.24, 2.45) is 5.92 Å². The third-order valence-electron chi connectivity index (χ3n) is 3.97. The van der Waals surface area contributed by atoms with Gasteiger partial charge in [0.2, 0.25) is 0 Å². The van der Waals surface area contributed by atoms with Gasteiger partial charge in [-0.1, -0.05) is 30.7 Å². The van der Waals surface area contributed by atoms with Crippen molar-refractivity contribution >= 4 is 5.97 Å². The molecule has 0 amide bonds. The molecule has 1 unspecified atom stereocenters. The van der Waals surface area contributed by atoms with E-state index in [1.54, 1.807) is 6.92 Å². The van der Waals surface area contributed by atoms with Crippen LogP contribution in [0.25, 0.3) is 0 Å². The Morgan fingerprint density at radius 1 is 1.33 bits per heavy atom. The molecule has 2 N–H and O–H groups in total. The first kappa shape index (κ1) is 13.1. The van der Waals surface area contributed by atoms with E-state index in [1.807, 2.05) is 24.3 Å². The van der Waals surface area contributed by atoms with Gasteiger partial charge in [-0.3, -0.25) is 4.79 Å². The third-order valence-corrected chi connectivity index (χ3v) is 3.97. The maximum Gasteiger partial charge on any atom is 0.310 e. The number of benzene rings is 1. The molecule has 1 aliphatic carbocycles. The summed E-state index contributed by atoms with van der Waals surface area (Å²) in [7, 11) is 0. The molecular formula is C15H20O3. The zero-order valence-electron chi connectivity index (χ0n) is 10.7. The quantitative estimate of drug-likeness (QED) is 0.861. The van der Waals surface area contributed by atoms with Crippen molar-refractivity contribution in [3.63, 3.8) is 0 Å². The molecular weight excluding hydrogens is 228 g/mol. The number of hydrogen-bond acceptors (Lipinski definition) is 2. The van der Waals surface area contributed by atoms with Gasteiger partial charge >= 0.3 is 5.97 Å². The van der Waals surface area contributed by atoms with E-state index >= 15 is 0 Å². The highest BCUT2D eigenvalue weighted by molar-refractivity contribution is 5.75. The summed E-state index contributed by atoms with van der Waals surface area (Å²) in [6, 6.07) is 7.74. The molecule has 1 aliphatic rings. The molecule has 2 rings (SSSR count). The molecule has 98 valence electrons. The average Bonchev–Trinajstić information content (AvgIpc) is 2.75. The lowest BCUT2D eigenvalue weighted by Gasteiger charge is -2.15. The highest BCUT2D eigenvalue weighted by Gasteiger charge is 2.25. The molecule has 0 heterocycles. The lowest BCUT2D eigenvalue weighted by molar-refractivity contribution is -0.138. The minimum atomic E-state index is -0.797. The van der Waals surface area contributed by atoms with Gasteiger partial charge in [0, 0.05) is 0 Å². The van der Waals surface area contributed by atoms with Crippen molar-refractivity contribution in [1.82, 2.24) is 0 Å². The summed E-state index contributed by atoms with van der Waals surface area (Å²) in [5.74, 6) is -0.891. The Balaban J connectivity index is 2.01. The van der Waals surface area contributed by atoms with Crippen molar-refractivity contribution in [2.45, 2.75) is 44.6 Å². The molecule has 1 aromatic carbocycles. The van der Waals surface area contributed by atoms with E-state index in [1.165, 1.54) is 5.56 Å². The fourth-order valence-corrected chi connectivity index (χ4v) is 2.64. The Morgan fingerprint density at radius 3 is 2.50 bits per heavy atom. The molecule has 3 nitrogen and oxygen atoms in total. The van der Waals surface area contributed by atoms with Crippen LogP contribution in [0, 0.1) is 5.92 Å². The van der Waals surface area contributed by atoms with Crippen LogP contribution >= 0.6 is 0 Å². The van der Waals surface area contributed by atoms with Gasteiger partial charge in [-0.05, 0) is 43.2 Å². The third kappa shape index (κ3) is 2.91. The van der Waals surface area contributed by atoms with E-state index in [9.17, 15) is 9.90 Å². The maximum atomic E-state index is 10.9. The Kier molecular flexibility index (Phi) is 4.02. The lowest BCUT2D eigenvalue weighted by Crippen LogP contribution is -2.15. The summed E-state index contributed by atoms with van der Waals surface area (Å²) in [5.41, 5.74) is 2.01. The van der Waals surface area contributed by atoms with Crippen molar-refractivity contribution in [3.05, 3.63) is 35.4 Å². The van der Waals surface area contributed by atoms with Gasteiger partial charge in [-0.15, -0.1) is 0 Å². The molecule has 3 atom stereocenters. The summed E-state index contributed by atoms with van der Waals surface area (Å²) in [6.45, 7) is 1.69. The zero-order chi connectivity index (χ0) is 13.1. The first-order valence-electron chi connectivity index (χ1n) is 6.57. The van der Waals surface area contributed by atoms with E-state index in [-0.39, 0.29) is 6.10 Å². The summed E-state index contributed by atoms with van der Waals surface area (Å²) < 4.78 is 0. The second kappa shape index (κ2) is 5.53. The Morgan fingerprint density at radius 2 is 2.00 bits per heavy atom. The lowest BCUT2D eigenvalue weighted by atomic mass is 9.94. The van der Waals surface area contributed by atoms with Gasteiger partial charge in [0.05, 0.1) is 12.0 Å². The van der Waals surface area contributed by atoms with E-state index in [4.69, 9.17) is 5.11 Å². The topological polar surface area (TPSA) is 57.5 Å². The second-order valence-electron chi connectivity index (χ2n) is 5.26. The summed E-state index contributed by atoms with van der Waals surface area (Å²) in [4.78, 5) is 10.9. The number of aliphatic hydroxyl groups excluding tert-OH is 1. The highest BCUT2D eigenvalue weighted by Crippen LogP contribution is 2.29. The maximum absolute atomic E-state index is 10.9. The zero-order valence-corrected chi connectivity index (χ0v) is 10.7.